The molecule has 31 heavy (non-hydrogen) atoms. The van der Waals surface area contributed by atoms with Gasteiger partial charge in [-0.1, -0.05) is 13.8 Å². The summed E-state index contributed by atoms with van der Waals surface area (Å²) < 4.78 is 6.06. The molecule has 162 valence electrons. The number of nitrogens with one attached hydrogen (secondary N) is 1. The van der Waals surface area contributed by atoms with Gasteiger partial charge in [-0.05, 0) is 12.1 Å². The van der Waals surface area contributed by atoms with Gasteiger partial charge in [0, 0.05) is 11.3 Å². The predicted octanol–water partition coefficient (Wildman–Crippen LogP) is 2.84. The number of carbonyl (C=O) groups is 2. The number of hydrogen-bond acceptors (Lipinski definition) is 8. The van der Waals surface area contributed by atoms with Crippen LogP contribution in [0.25, 0.3) is 10.2 Å². The van der Waals surface area contributed by atoms with E-state index in [1.165, 1.54) is 30.7 Å². The van der Waals surface area contributed by atoms with E-state index in [9.17, 15) is 29.6 Å². The van der Waals surface area contributed by atoms with E-state index >= 15 is 0 Å². The first-order valence-electron chi connectivity index (χ1n) is 9.01. The number of nitro groups is 1. The van der Waals surface area contributed by atoms with Crippen LogP contribution in [0.2, 0.25) is 0 Å². The van der Waals surface area contributed by atoms with Crippen molar-refractivity contribution in [3.05, 3.63) is 55.4 Å². The standard InChI is InChI=1S/C19H18N4O7S/c1-9(2)16-21-17-15(11(8-31-17)19(26)27)18(25)22(16)7-14(24)20-12-5-4-10(30-3)6-13(12)23(28)29/h4-6,8-9H,7H2,1-3H3,(H,20,24)(H,26,27). The van der Waals surface area contributed by atoms with Crippen LogP contribution < -0.4 is 15.6 Å². The average molecular weight is 446 g/mol. The summed E-state index contributed by atoms with van der Waals surface area (Å²) in [6.45, 7) is 3.07. The Kier molecular flexibility index (Phi) is 6.02. The molecule has 0 unspecified atom stereocenters. The summed E-state index contributed by atoms with van der Waals surface area (Å²) in [5.41, 5.74) is -1.28. The average Bonchev–Trinajstić information content (AvgIpc) is 3.14. The Labute approximate surface area is 179 Å². The fourth-order valence-corrected chi connectivity index (χ4v) is 3.93. The summed E-state index contributed by atoms with van der Waals surface area (Å²) >= 11 is 1.03. The third-order valence-electron chi connectivity index (χ3n) is 4.45. The van der Waals surface area contributed by atoms with Gasteiger partial charge in [-0.2, -0.15) is 0 Å². The molecule has 2 aromatic heterocycles. The molecule has 0 bridgehead atoms. The molecule has 1 amide bonds. The van der Waals surface area contributed by atoms with E-state index in [1.54, 1.807) is 13.8 Å². The maximum Gasteiger partial charge on any atom is 0.337 e. The number of ether oxygens (including phenoxy) is 1. The molecule has 0 aliphatic rings. The fraction of sp³-hybridized carbons (Fsp3) is 0.263. The van der Waals surface area contributed by atoms with Gasteiger partial charge in [0.1, 0.15) is 28.6 Å². The van der Waals surface area contributed by atoms with Gasteiger partial charge in [-0.15, -0.1) is 11.3 Å². The molecule has 0 spiro atoms. The van der Waals surface area contributed by atoms with Crippen molar-refractivity contribution in [2.45, 2.75) is 26.3 Å². The summed E-state index contributed by atoms with van der Waals surface area (Å²) in [7, 11) is 1.36. The lowest BCUT2D eigenvalue weighted by atomic mass is 10.1. The Morgan fingerprint density at radius 1 is 1.39 bits per heavy atom. The van der Waals surface area contributed by atoms with Crippen LogP contribution >= 0.6 is 11.3 Å². The van der Waals surface area contributed by atoms with E-state index in [0.717, 1.165) is 15.9 Å². The molecule has 3 rings (SSSR count). The number of methoxy groups -OCH3 is 1. The number of aromatic carboxylic acids is 1. The van der Waals surface area contributed by atoms with Crippen molar-refractivity contribution in [3.63, 3.8) is 0 Å². The van der Waals surface area contributed by atoms with E-state index in [1.807, 2.05) is 0 Å². The summed E-state index contributed by atoms with van der Waals surface area (Å²) in [5, 5.41) is 24.3. The van der Waals surface area contributed by atoms with Crippen molar-refractivity contribution in [1.29, 1.82) is 0 Å². The predicted molar refractivity (Wildman–Crippen MR) is 113 cm³/mol. The molecule has 0 aliphatic carbocycles. The van der Waals surface area contributed by atoms with Crippen LogP contribution in [0, 0.1) is 10.1 Å². The van der Waals surface area contributed by atoms with Crippen molar-refractivity contribution >= 4 is 44.8 Å². The quantitative estimate of drug-likeness (QED) is 0.415. The van der Waals surface area contributed by atoms with E-state index in [-0.39, 0.29) is 38.8 Å². The van der Waals surface area contributed by atoms with Gasteiger partial charge < -0.3 is 15.2 Å². The van der Waals surface area contributed by atoms with Crippen LogP contribution in [0.4, 0.5) is 11.4 Å². The van der Waals surface area contributed by atoms with Gasteiger partial charge in [0.15, 0.2) is 0 Å². The minimum absolute atomic E-state index is 0.0641. The number of nitrogens with zero attached hydrogens (tertiary/aromatic N) is 3. The number of thiophene rings is 1. The maximum atomic E-state index is 13.0. The highest BCUT2D eigenvalue weighted by Gasteiger charge is 2.23. The van der Waals surface area contributed by atoms with E-state index in [0.29, 0.717) is 5.82 Å². The van der Waals surface area contributed by atoms with Gasteiger partial charge in [-0.25, -0.2) is 9.78 Å². The number of nitro benzene ring substituents is 1. The van der Waals surface area contributed by atoms with Gasteiger partial charge in [0.2, 0.25) is 5.91 Å². The first-order chi connectivity index (χ1) is 14.6. The van der Waals surface area contributed by atoms with Crippen LogP contribution in [0.5, 0.6) is 5.75 Å². The summed E-state index contributed by atoms with van der Waals surface area (Å²) in [4.78, 5) is 52.5. The largest absolute Gasteiger partial charge is 0.496 e. The third-order valence-corrected chi connectivity index (χ3v) is 5.32. The van der Waals surface area contributed by atoms with Gasteiger partial charge in [-0.3, -0.25) is 24.3 Å². The lowest BCUT2D eigenvalue weighted by Crippen LogP contribution is -2.32. The lowest BCUT2D eigenvalue weighted by molar-refractivity contribution is -0.384. The van der Waals surface area contributed by atoms with Gasteiger partial charge in [0.05, 0.1) is 29.0 Å². The number of benzene rings is 1. The number of aromatic nitrogens is 2. The van der Waals surface area contributed by atoms with E-state index in [2.05, 4.69) is 10.3 Å². The number of carboxylic acid groups (broad SMARTS) is 1. The first-order valence-corrected chi connectivity index (χ1v) is 9.89. The smallest absolute Gasteiger partial charge is 0.337 e. The number of anilines is 1. The monoisotopic (exact) mass is 446 g/mol. The molecule has 3 aromatic rings. The van der Waals surface area contributed by atoms with Crippen LogP contribution in [0.3, 0.4) is 0 Å². The molecule has 0 saturated carbocycles. The second-order valence-corrected chi connectivity index (χ2v) is 7.70. The highest BCUT2D eigenvalue weighted by atomic mass is 32.1. The Bertz CT molecular complexity index is 1260. The fourth-order valence-electron chi connectivity index (χ4n) is 3.02. The van der Waals surface area contributed by atoms with Crippen LogP contribution in [0.1, 0.15) is 35.9 Å². The van der Waals surface area contributed by atoms with Gasteiger partial charge in [0.25, 0.3) is 11.2 Å². The first kappa shape index (κ1) is 21.9. The van der Waals surface area contributed by atoms with Crippen LogP contribution in [0.15, 0.2) is 28.4 Å². The topological polar surface area (TPSA) is 154 Å². The number of hydrogen-bond donors (Lipinski definition) is 2. The van der Waals surface area contributed by atoms with Crippen molar-refractivity contribution in [1.82, 2.24) is 9.55 Å². The molecule has 0 atom stereocenters. The Balaban J connectivity index is 2.02. The molecular formula is C19H18N4O7S. The lowest BCUT2D eigenvalue weighted by Gasteiger charge is -2.15. The highest BCUT2D eigenvalue weighted by Crippen LogP contribution is 2.29. The normalized spacial score (nSPS) is 11.0. The molecule has 12 heteroatoms. The Morgan fingerprint density at radius 3 is 2.68 bits per heavy atom. The van der Waals surface area contributed by atoms with Crippen molar-refractivity contribution < 1.29 is 24.4 Å². The number of rotatable bonds is 7. The molecule has 0 fully saturated rings. The molecule has 11 nitrogen and oxygen atoms in total. The van der Waals surface area contributed by atoms with E-state index < -0.39 is 28.9 Å². The van der Waals surface area contributed by atoms with Crippen molar-refractivity contribution in [2.75, 3.05) is 12.4 Å². The molecule has 2 N–H and O–H groups in total. The Morgan fingerprint density at radius 2 is 2.10 bits per heavy atom. The minimum Gasteiger partial charge on any atom is -0.496 e. The zero-order valence-electron chi connectivity index (χ0n) is 16.7. The Hall–Kier alpha value is -3.80. The molecule has 0 aliphatic heterocycles. The van der Waals surface area contributed by atoms with Crippen LogP contribution in [-0.4, -0.2) is 38.6 Å². The van der Waals surface area contributed by atoms with Crippen molar-refractivity contribution in [3.8, 4) is 5.75 Å². The number of carboxylic acids is 1. The number of carbonyl (C=O) groups excluding carboxylic acids is 1. The SMILES string of the molecule is COc1ccc(NC(=O)Cn2c(C(C)C)nc3scc(C(=O)O)c3c2=O)c([N+](=O)[O-])c1. The zero-order valence-corrected chi connectivity index (χ0v) is 17.6. The highest BCUT2D eigenvalue weighted by molar-refractivity contribution is 7.17. The molecular weight excluding hydrogens is 428 g/mol. The van der Waals surface area contributed by atoms with Crippen LogP contribution in [-0.2, 0) is 11.3 Å². The molecule has 0 radical (unpaired) electrons. The summed E-state index contributed by atoms with van der Waals surface area (Å²) in [6.07, 6.45) is 0. The second-order valence-electron chi connectivity index (χ2n) is 6.84. The summed E-state index contributed by atoms with van der Waals surface area (Å²) in [5.74, 6) is -1.67. The van der Waals surface area contributed by atoms with Gasteiger partial charge >= 0.3 is 5.97 Å². The third kappa shape index (κ3) is 4.23. The number of amides is 1. The molecule has 2 heterocycles. The van der Waals surface area contributed by atoms with Crippen molar-refractivity contribution in [2.24, 2.45) is 0 Å². The molecule has 1 aromatic carbocycles. The number of fused-ring (bicyclic) bond motifs is 1. The zero-order chi connectivity index (χ0) is 22.9. The maximum absolute atomic E-state index is 13.0. The second kappa shape index (κ2) is 8.52. The molecule has 0 saturated heterocycles. The summed E-state index contributed by atoms with van der Waals surface area (Å²) in [6, 6.07) is 3.94. The minimum atomic E-state index is -1.27. The van der Waals surface area contributed by atoms with E-state index in [4.69, 9.17) is 4.74 Å².